The van der Waals surface area contributed by atoms with Crippen molar-refractivity contribution < 1.29 is 13.2 Å². The second-order valence-electron chi connectivity index (χ2n) is 0.969. The van der Waals surface area contributed by atoms with Crippen LogP contribution in [-0.4, -0.2) is 6.18 Å². The van der Waals surface area contributed by atoms with Gasteiger partial charge in [0.15, 0.2) is 0 Å². The Morgan fingerprint density at radius 3 is 1.25 bits per heavy atom. The minimum absolute atomic E-state index is 0. The van der Waals surface area contributed by atoms with Crippen LogP contribution in [0.25, 0.3) is 0 Å². The lowest BCUT2D eigenvalue weighted by Crippen LogP contribution is -2.02. The molecule has 0 saturated heterocycles. The summed E-state index contributed by atoms with van der Waals surface area (Å²) in [6, 6.07) is 0. The van der Waals surface area contributed by atoms with E-state index < -0.39 is 12.6 Å². The number of hydrogen-bond acceptors (Lipinski definition) is 0. The highest BCUT2D eigenvalue weighted by Gasteiger charge is 2.22. The van der Waals surface area contributed by atoms with Crippen molar-refractivity contribution in [1.29, 1.82) is 0 Å². The summed E-state index contributed by atoms with van der Waals surface area (Å²) in [5.74, 6) is 0. The highest BCUT2D eigenvalue weighted by atomic mass is 35.5. The van der Waals surface area contributed by atoms with E-state index in [2.05, 4.69) is 0 Å². The third kappa shape index (κ3) is 16.2. The molecule has 5 heteroatoms. The van der Waals surface area contributed by atoms with Gasteiger partial charge in [0, 0.05) is 6.42 Å². The third-order valence-corrected chi connectivity index (χ3v) is 0.401. The van der Waals surface area contributed by atoms with Crippen molar-refractivity contribution in [2.45, 2.75) is 19.5 Å². The van der Waals surface area contributed by atoms with E-state index in [1.54, 1.807) is 0 Å². The molecule has 0 fully saturated rings. The maximum atomic E-state index is 10.8. The van der Waals surface area contributed by atoms with Gasteiger partial charge in [0.05, 0.1) is 0 Å². The van der Waals surface area contributed by atoms with Gasteiger partial charge in [-0.25, -0.2) is 0 Å². The molecule has 0 radical (unpaired) electrons. The third-order valence-electron chi connectivity index (χ3n) is 0.401. The molecule has 0 heterocycles. The Morgan fingerprint density at radius 1 is 1.12 bits per heavy atom. The van der Waals surface area contributed by atoms with Crippen LogP contribution in [0, 0.1) is 0 Å². The molecule has 0 aromatic rings. The van der Waals surface area contributed by atoms with Crippen LogP contribution in [0.4, 0.5) is 13.2 Å². The summed E-state index contributed by atoms with van der Waals surface area (Å²) in [6.07, 6.45) is -4.69. The van der Waals surface area contributed by atoms with Gasteiger partial charge < -0.3 is 0 Å². The monoisotopic (exact) mass is 170 g/mol. The smallest absolute Gasteiger partial charge is 0.171 e. The zero-order valence-electron chi connectivity index (χ0n) is 4.16. The van der Waals surface area contributed by atoms with Crippen molar-refractivity contribution in [3.8, 4) is 0 Å². The summed E-state index contributed by atoms with van der Waals surface area (Å²) in [5, 5.41) is 0. The summed E-state index contributed by atoms with van der Waals surface area (Å²) < 4.78 is 32.4. The first-order valence-electron chi connectivity index (χ1n) is 1.63. The molecule has 0 unspecified atom stereocenters. The summed E-state index contributed by atoms with van der Waals surface area (Å²) in [7, 11) is 0. The van der Waals surface area contributed by atoms with Gasteiger partial charge in [0.25, 0.3) is 0 Å². The van der Waals surface area contributed by atoms with Crippen LogP contribution in [0.2, 0.25) is 0 Å². The Hall–Kier alpha value is 0.370. The first kappa shape index (κ1) is 15.8. The standard InChI is InChI=1S/C3H5F3.2ClH/c1-2-3(4,5)6;;/h2H2,1H3;2*1H. The van der Waals surface area contributed by atoms with Gasteiger partial charge in [-0.3, -0.25) is 0 Å². The minimum atomic E-state index is -3.96. The van der Waals surface area contributed by atoms with Crippen molar-refractivity contribution in [3.63, 3.8) is 0 Å². The fraction of sp³-hybridized carbons (Fsp3) is 1.00. The first-order chi connectivity index (χ1) is 2.56. The lowest BCUT2D eigenvalue weighted by molar-refractivity contribution is -0.130. The molecule has 54 valence electrons. The molecule has 0 aliphatic heterocycles. The van der Waals surface area contributed by atoms with E-state index in [9.17, 15) is 13.2 Å². The predicted molar refractivity (Wildman–Crippen MR) is 30.8 cm³/mol. The highest BCUT2D eigenvalue weighted by molar-refractivity contribution is 5.85. The van der Waals surface area contributed by atoms with E-state index in [0.717, 1.165) is 6.92 Å². The van der Waals surface area contributed by atoms with Gasteiger partial charge in [-0.1, -0.05) is 6.92 Å². The van der Waals surface area contributed by atoms with Crippen LogP contribution in [0.15, 0.2) is 0 Å². The molecular weight excluding hydrogens is 164 g/mol. The summed E-state index contributed by atoms with van der Waals surface area (Å²) in [6.45, 7) is 1.08. The maximum Gasteiger partial charge on any atom is 0.388 e. The summed E-state index contributed by atoms with van der Waals surface area (Å²) in [4.78, 5) is 0. The van der Waals surface area contributed by atoms with Crippen molar-refractivity contribution in [2.24, 2.45) is 0 Å². The molecule has 0 rings (SSSR count). The van der Waals surface area contributed by atoms with Crippen molar-refractivity contribution in [2.75, 3.05) is 0 Å². The Kier molecular flexibility index (Phi) is 10.9. The van der Waals surface area contributed by atoms with Gasteiger partial charge in [-0.15, -0.1) is 24.8 Å². The zero-order chi connectivity index (χ0) is 5.21. The second kappa shape index (κ2) is 5.51. The predicted octanol–water partition coefficient (Wildman–Crippen LogP) is 2.80. The molecule has 0 aromatic carbocycles. The maximum absolute atomic E-state index is 10.8. The topological polar surface area (TPSA) is 0 Å². The van der Waals surface area contributed by atoms with Crippen LogP contribution >= 0.6 is 24.8 Å². The quantitative estimate of drug-likeness (QED) is 0.525. The van der Waals surface area contributed by atoms with Gasteiger partial charge in [-0.05, 0) is 0 Å². The van der Waals surface area contributed by atoms with E-state index in [0.29, 0.717) is 0 Å². The number of alkyl halides is 3. The zero-order valence-corrected chi connectivity index (χ0v) is 5.79. The van der Waals surface area contributed by atoms with Gasteiger partial charge >= 0.3 is 6.18 Å². The average Bonchev–Trinajstić information content (AvgIpc) is 1.35. The molecule has 0 atom stereocenters. The Balaban J connectivity index is -0.000000125. The van der Waals surface area contributed by atoms with E-state index in [1.165, 1.54) is 0 Å². The molecule has 0 aliphatic carbocycles. The van der Waals surface area contributed by atoms with E-state index in [4.69, 9.17) is 0 Å². The van der Waals surface area contributed by atoms with Crippen molar-refractivity contribution in [3.05, 3.63) is 0 Å². The van der Waals surface area contributed by atoms with Crippen LogP contribution < -0.4 is 0 Å². The highest BCUT2D eigenvalue weighted by Crippen LogP contribution is 2.17. The molecule has 0 saturated carbocycles. The number of rotatable bonds is 0. The van der Waals surface area contributed by atoms with Crippen LogP contribution in [0.3, 0.4) is 0 Å². The normalized spacial score (nSPS) is 9.00. The van der Waals surface area contributed by atoms with Crippen LogP contribution in [0.5, 0.6) is 0 Å². The van der Waals surface area contributed by atoms with E-state index in [1.807, 2.05) is 0 Å². The van der Waals surface area contributed by atoms with Crippen LogP contribution in [-0.2, 0) is 0 Å². The molecule has 0 spiro atoms. The van der Waals surface area contributed by atoms with E-state index in [-0.39, 0.29) is 24.8 Å². The Labute approximate surface area is 58.3 Å². The second-order valence-corrected chi connectivity index (χ2v) is 0.969. The molecule has 0 bridgehead atoms. The molecule has 0 N–H and O–H groups in total. The molecule has 0 aromatic heterocycles. The Morgan fingerprint density at radius 2 is 1.25 bits per heavy atom. The molecule has 8 heavy (non-hydrogen) atoms. The van der Waals surface area contributed by atoms with E-state index >= 15 is 0 Å². The van der Waals surface area contributed by atoms with Gasteiger partial charge in [0.1, 0.15) is 0 Å². The molecule has 0 aliphatic rings. The lowest BCUT2D eigenvalue weighted by Gasteiger charge is -1.96. The molecule has 0 amide bonds. The lowest BCUT2D eigenvalue weighted by atomic mass is 10.5. The summed E-state index contributed by atoms with van der Waals surface area (Å²) >= 11 is 0. The molecular formula is C3H7Cl2F3. The fourth-order valence-corrected chi connectivity index (χ4v) is 0. The largest absolute Gasteiger partial charge is 0.388 e. The van der Waals surface area contributed by atoms with Crippen molar-refractivity contribution >= 4 is 24.8 Å². The fourth-order valence-electron chi connectivity index (χ4n) is 0. The Bertz CT molecular complexity index is 42.3. The van der Waals surface area contributed by atoms with Gasteiger partial charge in [0.2, 0.25) is 0 Å². The van der Waals surface area contributed by atoms with Crippen molar-refractivity contribution in [1.82, 2.24) is 0 Å². The van der Waals surface area contributed by atoms with Gasteiger partial charge in [-0.2, -0.15) is 13.2 Å². The number of halogens is 5. The SMILES string of the molecule is CCC(F)(F)F.Cl.Cl. The average molecular weight is 171 g/mol. The number of hydrogen-bond donors (Lipinski definition) is 0. The van der Waals surface area contributed by atoms with Crippen LogP contribution in [0.1, 0.15) is 13.3 Å². The minimum Gasteiger partial charge on any atom is -0.171 e. The molecule has 0 nitrogen and oxygen atoms in total. The first-order valence-corrected chi connectivity index (χ1v) is 1.63. The summed E-state index contributed by atoms with van der Waals surface area (Å²) in [5.41, 5.74) is 0.